The maximum absolute atomic E-state index is 14.1. The van der Waals surface area contributed by atoms with E-state index in [0.29, 0.717) is 28.6 Å². The molecule has 3 rings (SSSR count). The number of anilines is 1. The summed E-state index contributed by atoms with van der Waals surface area (Å²) in [5, 5.41) is 6.40. The molecule has 1 aliphatic heterocycles. The number of nitrogen functional groups attached to an aromatic ring is 1. The first-order valence-corrected chi connectivity index (χ1v) is 5.55. The van der Waals surface area contributed by atoms with Gasteiger partial charge in [-0.1, -0.05) is 0 Å². The topological polar surface area (TPSA) is 73.2 Å². The van der Waals surface area contributed by atoms with Crippen molar-refractivity contribution >= 4 is 21.7 Å². The molecule has 1 aromatic carbocycles. The minimum atomic E-state index is -0.446. The van der Waals surface area contributed by atoms with Gasteiger partial charge in [-0.25, -0.2) is 4.39 Å². The van der Waals surface area contributed by atoms with Crippen LogP contribution in [0.15, 0.2) is 16.6 Å². The molecule has 0 spiro atoms. The molecule has 0 saturated heterocycles. The van der Waals surface area contributed by atoms with Gasteiger partial charge in [0.25, 0.3) is 0 Å². The van der Waals surface area contributed by atoms with Crippen LogP contribution in [0.25, 0.3) is 11.3 Å². The molecule has 2 aromatic rings. The Morgan fingerprint density at radius 2 is 2.24 bits per heavy atom. The second-order valence-electron chi connectivity index (χ2n) is 3.49. The van der Waals surface area contributed by atoms with E-state index in [-0.39, 0.29) is 11.3 Å². The summed E-state index contributed by atoms with van der Waals surface area (Å²) < 4.78 is 24.7. The van der Waals surface area contributed by atoms with Crippen molar-refractivity contribution < 1.29 is 13.9 Å². The number of nitrogens with zero attached hydrogens (tertiary/aromatic N) is 1. The largest absolute Gasteiger partial charge is 0.454 e. The van der Waals surface area contributed by atoms with Crippen molar-refractivity contribution in [3.63, 3.8) is 0 Å². The van der Waals surface area contributed by atoms with Crippen LogP contribution in [0.2, 0.25) is 0 Å². The van der Waals surface area contributed by atoms with Gasteiger partial charge < -0.3 is 15.2 Å². The molecule has 2 heterocycles. The predicted octanol–water partition coefficient (Wildman–Crippen LogP) is 2.29. The van der Waals surface area contributed by atoms with Crippen LogP contribution in [-0.4, -0.2) is 17.0 Å². The predicted molar refractivity (Wildman–Crippen MR) is 62.2 cm³/mol. The summed E-state index contributed by atoms with van der Waals surface area (Å²) in [6.45, 7) is 0.0853. The molecule has 1 aliphatic rings. The highest BCUT2D eigenvalue weighted by Crippen LogP contribution is 2.44. The van der Waals surface area contributed by atoms with E-state index in [9.17, 15) is 4.39 Å². The number of hydrogen-bond acceptors (Lipinski definition) is 4. The second-order valence-corrected chi connectivity index (χ2v) is 4.29. The van der Waals surface area contributed by atoms with Gasteiger partial charge in [-0.3, -0.25) is 5.10 Å². The lowest BCUT2D eigenvalue weighted by molar-refractivity contribution is 0.173. The molecule has 0 amide bonds. The zero-order valence-corrected chi connectivity index (χ0v) is 10.0. The second kappa shape index (κ2) is 3.63. The Bertz CT molecular complexity index is 599. The fourth-order valence-corrected chi connectivity index (χ4v) is 2.17. The minimum absolute atomic E-state index is 0.0853. The number of nitrogens with two attached hydrogens (primary N) is 1. The lowest BCUT2D eigenvalue weighted by Gasteiger charge is -2.05. The maximum atomic E-state index is 14.1. The molecule has 0 aliphatic carbocycles. The molecule has 0 atom stereocenters. The number of nitrogens with one attached hydrogen (secondary N) is 1. The van der Waals surface area contributed by atoms with Crippen LogP contribution in [0.5, 0.6) is 11.5 Å². The number of aromatic amines is 1. The van der Waals surface area contributed by atoms with Crippen LogP contribution in [0, 0.1) is 5.82 Å². The van der Waals surface area contributed by atoms with Gasteiger partial charge >= 0.3 is 0 Å². The quantitative estimate of drug-likeness (QED) is 0.847. The average Bonchev–Trinajstić information content (AvgIpc) is 2.91. The fourth-order valence-electron chi connectivity index (χ4n) is 1.65. The third-order valence-electron chi connectivity index (χ3n) is 2.43. The zero-order valence-electron chi connectivity index (χ0n) is 8.46. The van der Waals surface area contributed by atoms with Gasteiger partial charge in [0.05, 0.1) is 10.2 Å². The van der Waals surface area contributed by atoms with Crippen molar-refractivity contribution in [3.8, 4) is 22.8 Å². The summed E-state index contributed by atoms with van der Waals surface area (Å²) in [6.07, 6.45) is 0. The Morgan fingerprint density at radius 1 is 1.41 bits per heavy atom. The third-order valence-corrected chi connectivity index (χ3v) is 3.14. The summed E-state index contributed by atoms with van der Waals surface area (Å²) >= 11 is 3.14. The van der Waals surface area contributed by atoms with E-state index >= 15 is 0 Å². The molecule has 1 aromatic heterocycles. The lowest BCUT2D eigenvalue weighted by atomic mass is 10.1. The van der Waals surface area contributed by atoms with E-state index < -0.39 is 5.82 Å². The van der Waals surface area contributed by atoms with Crippen LogP contribution in [-0.2, 0) is 0 Å². The van der Waals surface area contributed by atoms with Gasteiger partial charge in [0.15, 0.2) is 17.3 Å². The smallest absolute Gasteiger partial charge is 0.231 e. The van der Waals surface area contributed by atoms with Crippen molar-refractivity contribution in [3.05, 3.63) is 22.4 Å². The number of rotatable bonds is 1. The molecule has 17 heavy (non-hydrogen) atoms. The summed E-state index contributed by atoms with van der Waals surface area (Å²) in [5.41, 5.74) is 6.29. The van der Waals surface area contributed by atoms with Gasteiger partial charge in [-0.15, -0.1) is 0 Å². The number of hydrogen-bond donors (Lipinski definition) is 2. The molecule has 0 saturated carbocycles. The van der Waals surface area contributed by atoms with Crippen LogP contribution in [0.3, 0.4) is 0 Å². The summed E-state index contributed by atoms with van der Waals surface area (Å²) in [6, 6.07) is 3.10. The monoisotopic (exact) mass is 299 g/mol. The molecule has 0 radical (unpaired) electrons. The third kappa shape index (κ3) is 1.54. The molecular weight excluding hydrogens is 293 g/mol. The summed E-state index contributed by atoms with van der Waals surface area (Å²) in [7, 11) is 0. The fraction of sp³-hybridized carbons (Fsp3) is 0.100. The lowest BCUT2D eigenvalue weighted by Crippen LogP contribution is -1.93. The molecule has 0 unspecified atom stereocenters. The van der Waals surface area contributed by atoms with Crippen molar-refractivity contribution in [1.82, 2.24) is 10.2 Å². The van der Waals surface area contributed by atoms with E-state index in [2.05, 4.69) is 26.1 Å². The minimum Gasteiger partial charge on any atom is -0.454 e. The van der Waals surface area contributed by atoms with Gasteiger partial charge in [0.2, 0.25) is 6.79 Å². The van der Waals surface area contributed by atoms with Crippen molar-refractivity contribution in [2.45, 2.75) is 0 Å². The number of H-pyrrole nitrogens is 1. The standard InChI is InChI=1S/C10H7BrFN3O2/c11-8-9(12)4(5-2-7(13)15-14-5)1-6-10(8)17-3-16-6/h1-2H,3H2,(H3,13,14,15). The normalized spacial score (nSPS) is 13.1. The van der Waals surface area contributed by atoms with Crippen LogP contribution in [0.1, 0.15) is 0 Å². The highest BCUT2D eigenvalue weighted by Gasteiger charge is 2.24. The van der Waals surface area contributed by atoms with Gasteiger partial charge in [-0.05, 0) is 22.0 Å². The van der Waals surface area contributed by atoms with E-state index in [4.69, 9.17) is 15.2 Å². The Balaban J connectivity index is 2.21. The van der Waals surface area contributed by atoms with Crippen molar-refractivity contribution in [2.75, 3.05) is 12.5 Å². The number of aromatic nitrogens is 2. The number of benzene rings is 1. The highest BCUT2D eigenvalue weighted by atomic mass is 79.9. The Hall–Kier alpha value is -1.76. The van der Waals surface area contributed by atoms with E-state index in [1.807, 2.05) is 0 Å². The number of fused-ring (bicyclic) bond motifs is 1. The number of ether oxygens (including phenoxy) is 2. The summed E-state index contributed by atoms with van der Waals surface area (Å²) in [5.74, 6) is 0.714. The summed E-state index contributed by atoms with van der Waals surface area (Å²) in [4.78, 5) is 0. The van der Waals surface area contributed by atoms with Crippen LogP contribution < -0.4 is 15.2 Å². The zero-order chi connectivity index (χ0) is 12.0. The SMILES string of the molecule is Nc1cc(-c2cc3c(c(Br)c2F)OCO3)[nH]n1. The molecule has 0 bridgehead atoms. The van der Waals surface area contributed by atoms with Crippen molar-refractivity contribution in [2.24, 2.45) is 0 Å². The molecule has 5 nitrogen and oxygen atoms in total. The van der Waals surface area contributed by atoms with Crippen LogP contribution in [0.4, 0.5) is 10.2 Å². The molecule has 3 N–H and O–H groups in total. The van der Waals surface area contributed by atoms with Crippen molar-refractivity contribution in [1.29, 1.82) is 0 Å². The Morgan fingerprint density at radius 3 is 2.94 bits per heavy atom. The number of halogens is 2. The molecular formula is C10H7BrFN3O2. The van der Waals surface area contributed by atoms with Crippen LogP contribution >= 0.6 is 15.9 Å². The first-order chi connectivity index (χ1) is 8.16. The van der Waals surface area contributed by atoms with Gasteiger partial charge in [-0.2, -0.15) is 5.10 Å². The van der Waals surface area contributed by atoms with Gasteiger partial charge in [0, 0.05) is 11.6 Å². The van der Waals surface area contributed by atoms with E-state index in [0.717, 1.165) is 0 Å². The highest BCUT2D eigenvalue weighted by molar-refractivity contribution is 9.10. The molecule has 7 heteroatoms. The Kier molecular flexibility index (Phi) is 2.22. The molecule has 0 fully saturated rings. The van der Waals surface area contributed by atoms with E-state index in [1.54, 1.807) is 12.1 Å². The first-order valence-electron chi connectivity index (χ1n) is 4.75. The Labute approximate surface area is 104 Å². The molecule has 88 valence electrons. The average molecular weight is 300 g/mol. The maximum Gasteiger partial charge on any atom is 0.231 e. The van der Waals surface area contributed by atoms with Gasteiger partial charge in [0.1, 0.15) is 5.82 Å². The first kappa shape index (κ1) is 10.4. The van der Waals surface area contributed by atoms with E-state index in [1.165, 1.54) is 0 Å².